The molecule has 0 bridgehead atoms. The highest BCUT2D eigenvalue weighted by Gasteiger charge is 2.33. The van der Waals surface area contributed by atoms with Crippen LogP contribution in [-0.2, 0) is 22.5 Å². The summed E-state index contributed by atoms with van der Waals surface area (Å²) in [6.07, 6.45) is 1.75. The molecular formula is C26H32N2O5S. The van der Waals surface area contributed by atoms with Crippen LogP contribution in [0.5, 0.6) is 5.75 Å². The molecule has 1 amide bonds. The zero-order chi connectivity index (χ0) is 23.9. The second-order valence-electron chi connectivity index (χ2n) is 8.63. The van der Waals surface area contributed by atoms with Gasteiger partial charge in [0.2, 0.25) is 5.91 Å². The van der Waals surface area contributed by atoms with Gasteiger partial charge in [0.05, 0.1) is 38.1 Å². The highest BCUT2D eigenvalue weighted by Crippen LogP contribution is 2.34. The number of ether oxygens (including phenoxy) is 2. The van der Waals surface area contributed by atoms with E-state index < -0.39 is 6.10 Å². The predicted molar refractivity (Wildman–Crippen MR) is 131 cm³/mol. The van der Waals surface area contributed by atoms with Crippen molar-refractivity contribution in [1.82, 2.24) is 9.80 Å². The van der Waals surface area contributed by atoms with E-state index in [9.17, 15) is 9.90 Å². The van der Waals surface area contributed by atoms with Gasteiger partial charge in [0, 0.05) is 25.1 Å². The number of carbonyl (C=O) groups is 1. The summed E-state index contributed by atoms with van der Waals surface area (Å²) in [5, 5.41) is 12.4. The Hall–Kier alpha value is -2.65. The Labute approximate surface area is 204 Å². The number of hydrogen-bond donors (Lipinski definition) is 1. The van der Waals surface area contributed by atoms with Crippen LogP contribution < -0.4 is 4.74 Å². The van der Waals surface area contributed by atoms with E-state index in [-0.39, 0.29) is 25.1 Å². The Balaban J connectivity index is 1.48. The molecule has 1 aliphatic rings. The number of rotatable bonds is 11. The Morgan fingerprint density at radius 2 is 2.12 bits per heavy atom. The molecule has 1 aliphatic heterocycles. The molecule has 2 aromatic heterocycles. The van der Waals surface area contributed by atoms with Crippen LogP contribution in [0.25, 0.3) is 0 Å². The Bertz CT molecular complexity index is 1030. The largest absolute Gasteiger partial charge is 0.491 e. The van der Waals surface area contributed by atoms with Crippen molar-refractivity contribution in [3.63, 3.8) is 0 Å². The summed E-state index contributed by atoms with van der Waals surface area (Å²) >= 11 is 1.73. The lowest BCUT2D eigenvalue weighted by molar-refractivity contribution is -0.136. The molecule has 0 aliphatic carbocycles. The number of aryl methyl sites for hydroxylation is 1. The minimum Gasteiger partial charge on any atom is -0.491 e. The maximum absolute atomic E-state index is 13.6. The van der Waals surface area contributed by atoms with E-state index in [4.69, 9.17) is 13.9 Å². The van der Waals surface area contributed by atoms with Crippen molar-refractivity contribution in [3.8, 4) is 5.75 Å². The topological polar surface area (TPSA) is 75.4 Å². The molecule has 0 saturated carbocycles. The van der Waals surface area contributed by atoms with E-state index in [1.165, 1.54) is 10.4 Å². The zero-order valence-corrected chi connectivity index (χ0v) is 20.5. The number of methoxy groups -OCH3 is 1. The molecule has 3 aromatic rings. The zero-order valence-electron chi connectivity index (χ0n) is 19.7. The molecule has 1 aromatic carbocycles. The minimum absolute atomic E-state index is 0.00512. The first-order valence-electron chi connectivity index (χ1n) is 11.5. The van der Waals surface area contributed by atoms with Crippen molar-refractivity contribution in [2.24, 2.45) is 0 Å². The first-order chi connectivity index (χ1) is 16.5. The fraction of sp³-hybridized carbons (Fsp3) is 0.423. The first kappa shape index (κ1) is 24.5. The third-order valence-electron chi connectivity index (χ3n) is 5.99. The number of carbonyl (C=O) groups excluding carboxylic acids is 1. The van der Waals surface area contributed by atoms with Crippen molar-refractivity contribution >= 4 is 17.2 Å². The van der Waals surface area contributed by atoms with Crippen LogP contribution in [0.1, 0.15) is 27.8 Å². The lowest BCUT2D eigenvalue weighted by atomic mass is 10.0. The molecule has 0 radical (unpaired) electrons. The molecule has 0 unspecified atom stereocenters. The van der Waals surface area contributed by atoms with Crippen molar-refractivity contribution in [3.05, 3.63) is 75.9 Å². The van der Waals surface area contributed by atoms with E-state index in [0.29, 0.717) is 26.2 Å². The van der Waals surface area contributed by atoms with Gasteiger partial charge in [-0.25, -0.2) is 0 Å². The fourth-order valence-corrected chi connectivity index (χ4v) is 5.25. The van der Waals surface area contributed by atoms with Crippen molar-refractivity contribution in [2.45, 2.75) is 32.0 Å². The SMILES string of the molecule is COC[C@@H](O)CN(CC(=O)N1CCc2sccc2[C@@H]1COc1ccc(C)cc1)Cc1ccco1. The summed E-state index contributed by atoms with van der Waals surface area (Å²) in [5.41, 5.74) is 2.34. The number of benzene rings is 1. The molecule has 3 heterocycles. The highest BCUT2D eigenvalue weighted by molar-refractivity contribution is 7.10. The summed E-state index contributed by atoms with van der Waals surface area (Å²) in [5.74, 6) is 1.54. The number of hydrogen-bond acceptors (Lipinski definition) is 7. The predicted octanol–water partition coefficient (Wildman–Crippen LogP) is 3.66. The number of aliphatic hydroxyl groups is 1. The minimum atomic E-state index is -0.696. The number of aliphatic hydroxyl groups excluding tert-OH is 1. The number of thiophene rings is 1. The molecule has 1 N–H and O–H groups in total. The smallest absolute Gasteiger partial charge is 0.237 e. The second-order valence-corrected chi connectivity index (χ2v) is 9.63. The van der Waals surface area contributed by atoms with Crippen molar-refractivity contribution in [1.29, 1.82) is 0 Å². The van der Waals surface area contributed by atoms with Gasteiger partial charge in [-0.1, -0.05) is 17.7 Å². The van der Waals surface area contributed by atoms with Crippen LogP contribution in [0.4, 0.5) is 0 Å². The van der Waals surface area contributed by atoms with Crippen LogP contribution in [0.15, 0.2) is 58.5 Å². The second kappa shape index (κ2) is 11.7. The summed E-state index contributed by atoms with van der Waals surface area (Å²) in [7, 11) is 1.55. The van der Waals surface area contributed by atoms with Gasteiger partial charge in [-0.2, -0.15) is 0 Å². The van der Waals surface area contributed by atoms with Gasteiger partial charge >= 0.3 is 0 Å². The first-order valence-corrected chi connectivity index (χ1v) is 12.4. The van der Waals surface area contributed by atoms with Gasteiger partial charge in [-0.3, -0.25) is 9.69 Å². The maximum atomic E-state index is 13.6. The quantitative estimate of drug-likeness (QED) is 0.448. The van der Waals surface area contributed by atoms with Crippen LogP contribution in [-0.4, -0.2) is 66.9 Å². The summed E-state index contributed by atoms with van der Waals surface area (Å²) < 4.78 is 16.7. The number of amides is 1. The summed E-state index contributed by atoms with van der Waals surface area (Å²) in [4.78, 5) is 18.7. The van der Waals surface area contributed by atoms with E-state index in [1.54, 1.807) is 24.7 Å². The van der Waals surface area contributed by atoms with E-state index in [1.807, 2.05) is 53.1 Å². The van der Waals surface area contributed by atoms with Gasteiger partial charge < -0.3 is 23.9 Å². The van der Waals surface area contributed by atoms with Gasteiger partial charge in [0.15, 0.2) is 0 Å². The lowest BCUT2D eigenvalue weighted by Crippen LogP contribution is -2.47. The maximum Gasteiger partial charge on any atom is 0.237 e. The molecule has 7 nitrogen and oxygen atoms in total. The highest BCUT2D eigenvalue weighted by atomic mass is 32.1. The van der Waals surface area contributed by atoms with E-state index in [0.717, 1.165) is 23.5 Å². The molecule has 2 atom stereocenters. The Kier molecular flexibility index (Phi) is 8.39. The van der Waals surface area contributed by atoms with Crippen LogP contribution in [0, 0.1) is 6.92 Å². The molecule has 182 valence electrons. The molecule has 34 heavy (non-hydrogen) atoms. The third-order valence-corrected chi connectivity index (χ3v) is 6.99. The van der Waals surface area contributed by atoms with Gasteiger partial charge in [0.1, 0.15) is 18.1 Å². The lowest BCUT2D eigenvalue weighted by Gasteiger charge is -2.37. The molecule has 0 saturated heterocycles. The van der Waals surface area contributed by atoms with Crippen LogP contribution >= 0.6 is 11.3 Å². The molecule has 0 fully saturated rings. The van der Waals surface area contributed by atoms with Crippen LogP contribution in [0.3, 0.4) is 0 Å². The number of furan rings is 1. The molecule has 4 rings (SSSR count). The van der Waals surface area contributed by atoms with Gasteiger partial charge in [0.25, 0.3) is 0 Å². The van der Waals surface area contributed by atoms with Crippen LogP contribution in [0.2, 0.25) is 0 Å². The average Bonchev–Trinajstić information content (AvgIpc) is 3.50. The average molecular weight is 485 g/mol. The number of fused-ring (bicyclic) bond motifs is 1. The van der Waals surface area contributed by atoms with Gasteiger partial charge in [-0.05, 0) is 54.6 Å². The monoisotopic (exact) mass is 484 g/mol. The van der Waals surface area contributed by atoms with Crippen molar-refractivity contribution in [2.75, 3.05) is 40.0 Å². The van der Waals surface area contributed by atoms with Crippen molar-refractivity contribution < 1.29 is 23.8 Å². The Morgan fingerprint density at radius 1 is 1.29 bits per heavy atom. The fourth-order valence-electron chi connectivity index (χ4n) is 4.32. The summed E-state index contributed by atoms with van der Waals surface area (Å²) in [6, 6.07) is 13.6. The number of nitrogens with zero attached hydrogens (tertiary/aromatic N) is 2. The van der Waals surface area contributed by atoms with E-state index >= 15 is 0 Å². The van der Waals surface area contributed by atoms with E-state index in [2.05, 4.69) is 11.4 Å². The normalized spacial score (nSPS) is 16.5. The molecular weight excluding hydrogens is 452 g/mol. The molecule has 8 heteroatoms. The Morgan fingerprint density at radius 3 is 2.85 bits per heavy atom. The third kappa shape index (κ3) is 6.27. The van der Waals surface area contributed by atoms with Gasteiger partial charge in [-0.15, -0.1) is 11.3 Å². The standard InChI is InChI=1S/C26H32N2O5S/c1-19-5-7-21(8-6-19)33-18-24-23-10-13-34-25(23)9-11-28(24)26(30)16-27(14-20(29)17-31-2)15-22-4-3-12-32-22/h3-8,10,12-13,20,24,29H,9,11,14-18H2,1-2H3/t20-,24-/m0/s1. The summed E-state index contributed by atoms with van der Waals surface area (Å²) in [6.45, 7) is 4.19. The molecule has 0 spiro atoms.